The monoisotopic (exact) mass is 493 g/mol. The Morgan fingerprint density at radius 2 is 2.14 bits per heavy atom. The van der Waals surface area contributed by atoms with Gasteiger partial charge in [0.15, 0.2) is 9.92 Å². The third kappa shape index (κ3) is 5.41. The van der Waals surface area contributed by atoms with E-state index in [1.165, 1.54) is 36.7 Å². The lowest BCUT2D eigenvalue weighted by Crippen LogP contribution is -2.34. The molecule has 1 saturated carbocycles. The van der Waals surface area contributed by atoms with Gasteiger partial charge in [-0.1, -0.05) is 25.8 Å². The number of nitriles is 1. The van der Waals surface area contributed by atoms with Gasteiger partial charge in [-0.3, -0.25) is 0 Å². The van der Waals surface area contributed by atoms with Crippen LogP contribution in [0.2, 0.25) is 0 Å². The first-order valence-electron chi connectivity index (χ1n) is 11.0. The van der Waals surface area contributed by atoms with E-state index in [0.717, 1.165) is 19.3 Å². The first-order chi connectivity index (χ1) is 16.7. The number of aromatic nitrogens is 1. The SMILES string of the molecule is C=C(C)c1coc(S(=N)(=O)NC(=O)Nc2c(CC3CCC3)cc(F)cc2-c2ccnc(C#N)c2)c1. The number of nitrogens with one attached hydrogen (secondary N) is 3. The Morgan fingerprint density at radius 1 is 1.37 bits per heavy atom. The van der Waals surface area contributed by atoms with Gasteiger partial charge in [0.1, 0.15) is 17.6 Å². The first kappa shape index (κ1) is 24.2. The van der Waals surface area contributed by atoms with Gasteiger partial charge >= 0.3 is 6.03 Å². The molecular formula is C25H24FN5O3S. The molecule has 10 heteroatoms. The summed E-state index contributed by atoms with van der Waals surface area (Å²) in [7, 11) is -3.81. The summed E-state index contributed by atoms with van der Waals surface area (Å²) in [6.45, 7) is 5.50. The Balaban J connectivity index is 1.69. The highest BCUT2D eigenvalue weighted by Gasteiger charge is 2.24. The number of carbonyl (C=O) groups is 1. The number of benzene rings is 1. The number of carbonyl (C=O) groups excluding carboxylic acids is 1. The number of halogens is 1. The van der Waals surface area contributed by atoms with Gasteiger partial charge in [-0.2, -0.15) is 5.26 Å². The minimum absolute atomic E-state index is 0.142. The molecule has 2 heterocycles. The van der Waals surface area contributed by atoms with Crippen LogP contribution in [0.5, 0.6) is 0 Å². The van der Waals surface area contributed by atoms with Crippen LogP contribution in [0.1, 0.15) is 43.0 Å². The highest BCUT2D eigenvalue weighted by atomic mass is 32.2. The predicted molar refractivity (Wildman–Crippen MR) is 130 cm³/mol. The maximum absolute atomic E-state index is 14.6. The van der Waals surface area contributed by atoms with Gasteiger partial charge in [-0.15, -0.1) is 0 Å². The Labute approximate surface area is 203 Å². The van der Waals surface area contributed by atoms with Crippen molar-refractivity contribution < 1.29 is 17.8 Å². The lowest BCUT2D eigenvalue weighted by molar-refractivity contribution is 0.256. The molecule has 3 aromatic rings. The molecule has 0 bridgehead atoms. The molecule has 1 aliphatic carbocycles. The van der Waals surface area contributed by atoms with E-state index in [2.05, 4.69) is 21.6 Å². The molecule has 2 amide bonds. The molecular weight excluding hydrogens is 469 g/mol. The third-order valence-electron chi connectivity index (χ3n) is 5.93. The van der Waals surface area contributed by atoms with E-state index < -0.39 is 21.8 Å². The summed E-state index contributed by atoms with van der Waals surface area (Å²) in [4.78, 5) is 16.9. The van der Waals surface area contributed by atoms with Crippen LogP contribution in [-0.2, 0) is 16.3 Å². The van der Waals surface area contributed by atoms with Crippen LogP contribution >= 0.6 is 0 Å². The van der Waals surface area contributed by atoms with Crippen molar-refractivity contribution in [1.82, 2.24) is 9.71 Å². The van der Waals surface area contributed by atoms with Gasteiger partial charge in [0.25, 0.3) is 0 Å². The number of hydrogen-bond donors (Lipinski definition) is 3. The molecule has 0 radical (unpaired) electrons. The number of anilines is 1. The van der Waals surface area contributed by atoms with E-state index >= 15 is 0 Å². The number of amides is 2. The summed E-state index contributed by atoms with van der Waals surface area (Å²) in [6, 6.07) is 8.18. The fourth-order valence-electron chi connectivity index (χ4n) is 3.88. The molecule has 1 unspecified atom stereocenters. The molecule has 0 aliphatic heterocycles. The van der Waals surface area contributed by atoms with E-state index in [4.69, 9.17) is 9.20 Å². The fourth-order valence-corrected chi connectivity index (χ4v) is 4.77. The quantitative estimate of drug-likeness (QED) is 0.379. The Hall–Kier alpha value is -3.97. The maximum Gasteiger partial charge on any atom is 0.332 e. The Kier molecular flexibility index (Phi) is 6.71. The second kappa shape index (κ2) is 9.72. The third-order valence-corrected chi connectivity index (χ3v) is 7.18. The van der Waals surface area contributed by atoms with Gasteiger partial charge < -0.3 is 9.73 Å². The van der Waals surface area contributed by atoms with E-state index in [-0.39, 0.29) is 10.8 Å². The van der Waals surface area contributed by atoms with Crippen molar-refractivity contribution in [3.8, 4) is 17.2 Å². The largest absolute Gasteiger partial charge is 0.452 e. The van der Waals surface area contributed by atoms with Crippen LogP contribution in [0, 0.1) is 27.8 Å². The summed E-state index contributed by atoms with van der Waals surface area (Å²) in [5, 5.41) is 11.7. The smallest absolute Gasteiger partial charge is 0.332 e. The van der Waals surface area contributed by atoms with Crippen LogP contribution < -0.4 is 10.0 Å². The Morgan fingerprint density at radius 3 is 2.77 bits per heavy atom. The van der Waals surface area contributed by atoms with Crippen molar-refractivity contribution in [2.75, 3.05) is 5.32 Å². The molecule has 2 aromatic heterocycles. The summed E-state index contributed by atoms with van der Waals surface area (Å²) < 4.78 is 43.1. The number of pyridine rings is 1. The highest BCUT2D eigenvalue weighted by molar-refractivity contribution is 7.91. The average Bonchev–Trinajstić information content (AvgIpc) is 3.29. The second-order valence-corrected chi connectivity index (χ2v) is 10.3. The molecule has 8 nitrogen and oxygen atoms in total. The van der Waals surface area contributed by atoms with Crippen molar-refractivity contribution in [3.05, 3.63) is 72.0 Å². The van der Waals surface area contributed by atoms with Crippen molar-refractivity contribution in [2.45, 2.75) is 37.7 Å². The van der Waals surface area contributed by atoms with Crippen LogP contribution in [-0.4, -0.2) is 15.2 Å². The zero-order chi connectivity index (χ0) is 25.2. The van der Waals surface area contributed by atoms with Crippen LogP contribution in [0.4, 0.5) is 14.9 Å². The number of rotatable bonds is 7. The van der Waals surface area contributed by atoms with E-state index in [1.54, 1.807) is 13.0 Å². The Bertz CT molecular complexity index is 1450. The number of allylic oxidation sites excluding steroid dienone is 1. The van der Waals surface area contributed by atoms with Crippen molar-refractivity contribution in [1.29, 1.82) is 10.0 Å². The van der Waals surface area contributed by atoms with E-state index in [0.29, 0.717) is 45.9 Å². The topological polar surface area (TPSA) is 132 Å². The summed E-state index contributed by atoms with van der Waals surface area (Å²) in [6.07, 6.45) is 6.41. The zero-order valence-corrected chi connectivity index (χ0v) is 19.9. The van der Waals surface area contributed by atoms with Gasteiger partial charge in [0.2, 0.25) is 5.09 Å². The number of hydrogen-bond acceptors (Lipinski definition) is 6. The molecule has 35 heavy (non-hydrogen) atoms. The summed E-state index contributed by atoms with van der Waals surface area (Å²) in [5.74, 6) is -0.118. The maximum atomic E-state index is 14.6. The zero-order valence-electron chi connectivity index (χ0n) is 19.1. The van der Waals surface area contributed by atoms with Gasteiger partial charge in [0.05, 0.1) is 12.0 Å². The second-order valence-electron chi connectivity index (χ2n) is 8.58. The molecule has 0 saturated heterocycles. The molecule has 3 N–H and O–H groups in total. The van der Waals surface area contributed by atoms with Gasteiger partial charge in [-0.25, -0.2) is 27.9 Å². The minimum atomic E-state index is -3.81. The summed E-state index contributed by atoms with van der Waals surface area (Å²) in [5.41, 5.74) is 3.11. The van der Waals surface area contributed by atoms with Crippen molar-refractivity contribution in [2.24, 2.45) is 5.92 Å². The predicted octanol–water partition coefficient (Wildman–Crippen LogP) is 5.87. The number of nitrogens with zero attached hydrogens (tertiary/aromatic N) is 2. The minimum Gasteiger partial charge on any atom is -0.452 e. The van der Waals surface area contributed by atoms with Crippen molar-refractivity contribution in [3.63, 3.8) is 0 Å². The first-order valence-corrected chi connectivity index (χ1v) is 12.5. The average molecular weight is 494 g/mol. The van der Waals surface area contributed by atoms with Gasteiger partial charge in [0, 0.05) is 23.4 Å². The molecule has 180 valence electrons. The molecule has 1 aromatic carbocycles. The molecule has 1 fully saturated rings. The molecule has 1 atom stereocenters. The standard InChI is InChI=1S/C25H24FN5O3S/c1-15(2)19-11-23(34-14-19)35(28,33)31-25(32)30-24-18(8-16-4-3-5-16)9-20(26)12-22(24)17-6-7-29-21(10-17)13-27/h6-7,9-12,14,16H,1,3-5,8H2,2H3,(H3,28,30,31,32,33). The lowest BCUT2D eigenvalue weighted by atomic mass is 9.80. The van der Waals surface area contributed by atoms with Crippen LogP contribution in [0.15, 0.2) is 58.9 Å². The lowest BCUT2D eigenvalue weighted by Gasteiger charge is -2.27. The van der Waals surface area contributed by atoms with E-state index in [1.807, 2.05) is 6.07 Å². The van der Waals surface area contributed by atoms with Crippen molar-refractivity contribution >= 4 is 27.2 Å². The normalized spacial score (nSPS) is 14.9. The molecule has 0 spiro atoms. The van der Waals surface area contributed by atoms with E-state index in [9.17, 15) is 18.7 Å². The fraction of sp³-hybridized carbons (Fsp3) is 0.240. The number of urea groups is 1. The van der Waals surface area contributed by atoms with Crippen LogP contribution in [0.3, 0.4) is 0 Å². The summed E-state index contributed by atoms with van der Waals surface area (Å²) >= 11 is 0. The highest BCUT2D eigenvalue weighted by Crippen LogP contribution is 2.37. The van der Waals surface area contributed by atoms with Crippen LogP contribution in [0.25, 0.3) is 16.7 Å². The molecule has 4 rings (SSSR count). The number of furan rings is 1. The molecule has 1 aliphatic rings. The van der Waals surface area contributed by atoms with Gasteiger partial charge in [-0.05, 0) is 60.2 Å².